The van der Waals surface area contributed by atoms with Crippen LogP contribution in [0, 0.1) is 11.6 Å². The Bertz CT molecular complexity index is 779. The van der Waals surface area contributed by atoms with E-state index in [1.165, 1.54) is 31.4 Å². The van der Waals surface area contributed by atoms with Gasteiger partial charge < -0.3 is 10.5 Å². The molecule has 2 aromatic rings. The van der Waals surface area contributed by atoms with Gasteiger partial charge in [0.25, 0.3) is 10.0 Å². The lowest BCUT2D eigenvalue weighted by atomic mass is 10.3. The first-order valence-electron chi connectivity index (χ1n) is 5.75. The molecule has 2 aromatic carbocycles. The van der Waals surface area contributed by atoms with Crippen LogP contribution in [0.3, 0.4) is 0 Å². The maximum absolute atomic E-state index is 13.5. The van der Waals surface area contributed by atoms with E-state index >= 15 is 0 Å². The number of methoxy groups -OCH3 is 1. The summed E-state index contributed by atoms with van der Waals surface area (Å²) in [6, 6.07) is 7.08. The number of benzene rings is 2. The summed E-state index contributed by atoms with van der Waals surface area (Å²) in [5, 5.41) is 0. The molecule has 0 amide bonds. The number of ether oxygens (including phenoxy) is 1. The summed E-state index contributed by atoms with van der Waals surface area (Å²) in [6.07, 6.45) is 0. The minimum Gasteiger partial charge on any atom is -0.495 e. The fourth-order valence-corrected chi connectivity index (χ4v) is 2.90. The molecule has 21 heavy (non-hydrogen) atoms. The average molecular weight is 314 g/mol. The average Bonchev–Trinajstić information content (AvgIpc) is 2.43. The SMILES string of the molecule is COc1cc(N)ccc1S(=O)(=O)Nc1cccc(F)c1F. The molecule has 0 fully saturated rings. The maximum atomic E-state index is 13.5. The van der Waals surface area contributed by atoms with Crippen molar-refractivity contribution in [3.63, 3.8) is 0 Å². The van der Waals surface area contributed by atoms with E-state index in [0.29, 0.717) is 5.69 Å². The normalized spacial score (nSPS) is 11.2. The summed E-state index contributed by atoms with van der Waals surface area (Å²) >= 11 is 0. The van der Waals surface area contributed by atoms with E-state index in [4.69, 9.17) is 10.5 Å². The highest BCUT2D eigenvalue weighted by molar-refractivity contribution is 7.92. The third kappa shape index (κ3) is 3.05. The molecule has 0 bridgehead atoms. The Kier molecular flexibility index (Phi) is 3.99. The summed E-state index contributed by atoms with van der Waals surface area (Å²) in [6.45, 7) is 0. The van der Waals surface area contributed by atoms with Gasteiger partial charge in [0.2, 0.25) is 0 Å². The van der Waals surface area contributed by atoms with Gasteiger partial charge >= 0.3 is 0 Å². The molecule has 0 spiro atoms. The molecule has 0 aromatic heterocycles. The highest BCUT2D eigenvalue weighted by atomic mass is 32.2. The van der Waals surface area contributed by atoms with Gasteiger partial charge in [0.15, 0.2) is 11.6 Å². The second kappa shape index (κ2) is 5.57. The summed E-state index contributed by atoms with van der Waals surface area (Å²) in [5.41, 5.74) is 5.35. The maximum Gasteiger partial charge on any atom is 0.265 e. The smallest absolute Gasteiger partial charge is 0.265 e. The number of hydrogen-bond acceptors (Lipinski definition) is 4. The Morgan fingerprint density at radius 1 is 1.19 bits per heavy atom. The highest BCUT2D eigenvalue weighted by Gasteiger charge is 2.22. The molecule has 112 valence electrons. The van der Waals surface area contributed by atoms with Crippen molar-refractivity contribution in [2.75, 3.05) is 17.6 Å². The largest absolute Gasteiger partial charge is 0.495 e. The van der Waals surface area contributed by atoms with Crippen LogP contribution in [0.2, 0.25) is 0 Å². The molecule has 3 N–H and O–H groups in total. The summed E-state index contributed by atoms with van der Waals surface area (Å²) < 4.78 is 58.0. The minimum atomic E-state index is -4.15. The van der Waals surface area contributed by atoms with E-state index in [1.54, 1.807) is 0 Å². The van der Waals surface area contributed by atoms with Crippen LogP contribution in [0.25, 0.3) is 0 Å². The van der Waals surface area contributed by atoms with Gasteiger partial charge in [0.1, 0.15) is 10.6 Å². The molecule has 0 radical (unpaired) electrons. The van der Waals surface area contributed by atoms with Crippen LogP contribution in [0.5, 0.6) is 5.75 Å². The van der Waals surface area contributed by atoms with Crippen LogP contribution < -0.4 is 15.2 Å². The lowest BCUT2D eigenvalue weighted by Gasteiger charge is -2.12. The van der Waals surface area contributed by atoms with Crippen molar-refractivity contribution in [2.45, 2.75) is 4.90 Å². The van der Waals surface area contributed by atoms with Crippen molar-refractivity contribution in [3.05, 3.63) is 48.0 Å². The van der Waals surface area contributed by atoms with Crippen molar-refractivity contribution < 1.29 is 21.9 Å². The second-order valence-corrected chi connectivity index (χ2v) is 5.77. The number of nitrogens with one attached hydrogen (secondary N) is 1. The van der Waals surface area contributed by atoms with Crippen LogP contribution in [0.15, 0.2) is 41.3 Å². The standard InChI is InChI=1S/C13H12F2N2O3S/c1-20-11-7-8(16)5-6-12(11)21(18,19)17-10-4-2-3-9(14)13(10)15/h2-7,17H,16H2,1H3. The van der Waals surface area contributed by atoms with Crippen molar-refractivity contribution in [3.8, 4) is 5.75 Å². The van der Waals surface area contributed by atoms with Gasteiger partial charge in [-0.1, -0.05) is 6.07 Å². The Hall–Kier alpha value is -2.35. The monoisotopic (exact) mass is 314 g/mol. The molecule has 8 heteroatoms. The number of nitrogens with two attached hydrogens (primary N) is 1. The van der Waals surface area contributed by atoms with Crippen LogP contribution in [0.1, 0.15) is 0 Å². The van der Waals surface area contributed by atoms with Crippen LogP contribution in [-0.4, -0.2) is 15.5 Å². The van der Waals surface area contributed by atoms with E-state index in [1.807, 2.05) is 4.72 Å². The molecule has 0 aliphatic carbocycles. The quantitative estimate of drug-likeness (QED) is 0.849. The van der Waals surface area contributed by atoms with E-state index in [0.717, 1.165) is 12.1 Å². The highest BCUT2D eigenvalue weighted by Crippen LogP contribution is 2.28. The molecule has 0 heterocycles. The first kappa shape index (κ1) is 15.0. The molecule has 2 rings (SSSR count). The van der Waals surface area contributed by atoms with Crippen LogP contribution >= 0.6 is 0 Å². The molecule has 5 nitrogen and oxygen atoms in total. The van der Waals surface area contributed by atoms with Crippen molar-refractivity contribution >= 4 is 21.4 Å². The number of anilines is 2. The number of halogens is 2. The molecule has 0 unspecified atom stereocenters. The first-order chi connectivity index (χ1) is 9.85. The third-order valence-corrected chi connectivity index (χ3v) is 4.08. The number of sulfonamides is 1. The van der Waals surface area contributed by atoms with Gasteiger partial charge in [-0.3, -0.25) is 4.72 Å². The van der Waals surface area contributed by atoms with Crippen LogP contribution in [-0.2, 0) is 10.0 Å². The fraction of sp³-hybridized carbons (Fsp3) is 0.0769. The summed E-state index contributed by atoms with van der Waals surface area (Å²) in [4.78, 5) is -0.233. The van der Waals surface area contributed by atoms with Crippen LogP contribution in [0.4, 0.5) is 20.2 Å². The van der Waals surface area contributed by atoms with E-state index in [2.05, 4.69) is 0 Å². The minimum absolute atomic E-state index is 0.000638. The van der Waals surface area contributed by atoms with E-state index < -0.39 is 27.3 Å². The predicted molar refractivity (Wildman–Crippen MR) is 74.6 cm³/mol. The molecule has 0 saturated carbocycles. The second-order valence-electron chi connectivity index (χ2n) is 4.12. The molecule has 0 atom stereocenters. The fourth-order valence-electron chi connectivity index (χ4n) is 1.69. The number of rotatable bonds is 4. The van der Waals surface area contributed by atoms with Gasteiger partial charge in [-0.25, -0.2) is 17.2 Å². The molecule has 0 aliphatic heterocycles. The zero-order valence-corrected chi connectivity index (χ0v) is 11.7. The zero-order valence-electron chi connectivity index (χ0n) is 10.9. The van der Waals surface area contributed by atoms with Gasteiger partial charge in [-0.05, 0) is 24.3 Å². The lowest BCUT2D eigenvalue weighted by molar-refractivity contribution is 0.403. The van der Waals surface area contributed by atoms with Gasteiger partial charge in [0.05, 0.1) is 12.8 Å². The van der Waals surface area contributed by atoms with E-state index in [9.17, 15) is 17.2 Å². The lowest BCUT2D eigenvalue weighted by Crippen LogP contribution is -2.15. The Labute approximate surface area is 120 Å². The predicted octanol–water partition coefficient (Wildman–Crippen LogP) is 2.36. The number of hydrogen-bond donors (Lipinski definition) is 2. The van der Waals surface area contributed by atoms with E-state index in [-0.39, 0.29) is 10.6 Å². The summed E-state index contributed by atoms with van der Waals surface area (Å²) in [5.74, 6) is -2.44. The first-order valence-corrected chi connectivity index (χ1v) is 7.24. The summed E-state index contributed by atoms with van der Waals surface area (Å²) in [7, 11) is -2.87. The van der Waals surface area contributed by atoms with Crippen molar-refractivity contribution in [1.82, 2.24) is 0 Å². The molecular formula is C13H12F2N2O3S. The zero-order chi connectivity index (χ0) is 15.6. The Morgan fingerprint density at radius 2 is 1.90 bits per heavy atom. The van der Waals surface area contributed by atoms with Crippen molar-refractivity contribution in [1.29, 1.82) is 0 Å². The Balaban J connectivity index is 2.46. The van der Waals surface area contributed by atoms with Crippen molar-refractivity contribution in [2.24, 2.45) is 0 Å². The van der Waals surface area contributed by atoms with Gasteiger partial charge in [-0.2, -0.15) is 0 Å². The Morgan fingerprint density at radius 3 is 2.57 bits per heavy atom. The number of nitrogen functional groups attached to an aromatic ring is 1. The third-order valence-electron chi connectivity index (χ3n) is 2.67. The molecule has 0 aliphatic rings. The molecular weight excluding hydrogens is 302 g/mol. The molecule has 0 saturated heterocycles. The van der Waals surface area contributed by atoms with Gasteiger partial charge in [0, 0.05) is 11.8 Å². The topological polar surface area (TPSA) is 81.4 Å². The van der Waals surface area contributed by atoms with Gasteiger partial charge in [-0.15, -0.1) is 0 Å².